The Morgan fingerprint density at radius 3 is 2.32 bits per heavy atom. The van der Waals surface area contributed by atoms with E-state index in [4.69, 9.17) is 18.9 Å². The van der Waals surface area contributed by atoms with Crippen molar-refractivity contribution in [1.82, 2.24) is 10.2 Å². The number of fused-ring (bicyclic) bond motifs is 1. The van der Waals surface area contributed by atoms with Gasteiger partial charge in [-0.05, 0) is 82.2 Å². The first-order valence-electron chi connectivity index (χ1n) is 17.6. The highest BCUT2D eigenvalue weighted by Crippen LogP contribution is 2.39. The number of nitrogens with zero attached hydrogens (tertiary/aromatic N) is 1. The van der Waals surface area contributed by atoms with Crippen LogP contribution in [0.15, 0.2) is 83.4 Å². The molecule has 2 heterocycles. The van der Waals surface area contributed by atoms with Crippen LogP contribution in [0.5, 0.6) is 11.5 Å². The molecule has 1 unspecified atom stereocenters. The molecule has 0 spiro atoms. The van der Waals surface area contributed by atoms with Gasteiger partial charge in [-0.2, -0.15) is 0 Å². The van der Waals surface area contributed by atoms with Gasteiger partial charge in [-0.25, -0.2) is 9.59 Å². The zero-order valence-corrected chi connectivity index (χ0v) is 33.8. The monoisotopic (exact) mass is 800 g/mol. The highest BCUT2D eigenvalue weighted by Gasteiger charge is 2.33. The third-order valence-electron chi connectivity index (χ3n) is 8.37. The van der Waals surface area contributed by atoms with Crippen molar-refractivity contribution in [3.63, 3.8) is 0 Å². The van der Waals surface area contributed by atoms with Crippen LogP contribution < -0.4 is 25.4 Å². The van der Waals surface area contributed by atoms with E-state index in [0.29, 0.717) is 51.2 Å². The number of thioether (sulfide) groups is 1. The Balaban J connectivity index is 1.32. The highest BCUT2D eigenvalue weighted by atomic mass is 32.2. The maximum Gasteiger partial charge on any atom is 0.410 e. The van der Waals surface area contributed by atoms with Gasteiger partial charge in [0, 0.05) is 33.1 Å². The van der Waals surface area contributed by atoms with Gasteiger partial charge in [0.05, 0.1) is 38.7 Å². The molecule has 4 aromatic rings. The first-order valence-corrected chi connectivity index (χ1v) is 19.3. The van der Waals surface area contributed by atoms with Crippen LogP contribution in [0, 0.1) is 0 Å². The lowest BCUT2D eigenvalue weighted by molar-refractivity contribution is -0.115. The quantitative estimate of drug-likeness (QED) is 0.0750. The number of hydrogen-bond donors (Lipinski definition) is 3. The molecule has 3 N–H and O–H groups in total. The van der Waals surface area contributed by atoms with Crippen molar-refractivity contribution in [2.45, 2.75) is 56.4 Å². The summed E-state index contributed by atoms with van der Waals surface area (Å²) in [5, 5.41) is 8.19. The number of ether oxygens (including phenoxy) is 4. The van der Waals surface area contributed by atoms with E-state index in [1.165, 1.54) is 50.5 Å². The average Bonchev–Trinajstić information content (AvgIpc) is 3.53. The van der Waals surface area contributed by atoms with Crippen molar-refractivity contribution in [3.8, 4) is 11.5 Å². The third-order valence-corrected chi connectivity index (χ3v) is 10.6. The zero-order valence-electron chi connectivity index (χ0n) is 32.1. The van der Waals surface area contributed by atoms with Crippen LogP contribution in [0.2, 0.25) is 0 Å². The van der Waals surface area contributed by atoms with E-state index in [1.54, 1.807) is 105 Å². The lowest BCUT2D eigenvalue weighted by Crippen LogP contribution is -2.39. The number of methoxy groups -OCH3 is 3. The van der Waals surface area contributed by atoms with Gasteiger partial charge in [-0.15, -0.1) is 23.1 Å². The summed E-state index contributed by atoms with van der Waals surface area (Å²) in [6, 6.07) is 20.6. The molecule has 1 aliphatic rings. The fourth-order valence-electron chi connectivity index (χ4n) is 5.73. The molecule has 0 saturated carbocycles. The van der Waals surface area contributed by atoms with E-state index in [1.807, 2.05) is 0 Å². The molecule has 1 aliphatic heterocycles. The molecule has 4 amide bonds. The number of esters is 1. The fraction of sp³-hybridized carbons (Fsp3) is 0.293. The lowest BCUT2D eigenvalue weighted by atomic mass is 10.0. The molecule has 0 aliphatic carbocycles. The molecule has 0 saturated heterocycles. The van der Waals surface area contributed by atoms with Crippen molar-refractivity contribution < 1.29 is 42.9 Å². The summed E-state index contributed by atoms with van der Waals surface area (Å²) in [7, 11) is 4.27. The predicted octanol–water partition coefficient (Wildman–Crippen LogP) is 7.37. The molecular formula is C41H44N4O9S2. The number of para-hydroxylation sites is 1. The minimum Gasteiger partial charge on any atom is -0.493 e. The Bertz CT molecular complexity index is 2140. The first-order chi connectivity index (χ1) is 26.7. The Morgan fingerprint density at radius 1 is 0.911 bits per heavy atom. The van der Waals surface area contributed by atoms with Crippen molar-refractivity contribution in [2.75, 3.05) is 38.5 Å². The second-order valence-corrected chi connectivity index (χ2v) is 16.1. The topological polar surface area (TPSA) is 162 Å². The third kappa shape index (κ3) is 10.3. The van der Waals surface area contributed by atoms with E-state index < -0.39 is 34.7 Å². The molecule has 15 heteroatoms. The molecule has 0 fully saturated rings. The first kappa shape index (κ1) is 41.4. The summed E-state index contributed by atoms with van der Waals surface area (Å²) >= 11 is 2.47. The van der Waals surface area contributed by atoms with Crippen molar-refractivity contribution >= 4 is 69.6 Å². The Morgan fingerprint density at radius 2 is 1.64 bits per heavy atom. The number of carbonyl (C=O) groups excluding carboxylic acids is 5. The average molecular weight is 801 g/mol. The molecular weight excluding hydrogens is 757 g/mol. The van der Waals surface area contributed by atoms with Crippen LogP contribution >= 0.6 is 23.1 Å². The van der Waals surface area contributed by atoms with E-state index in [-0.39, 0.29) is 23.7 Å². The number of anilines is 2. The van der Waals surface area contributed by atoms with E-state index in [9.17, 15) is 24.0 Å². The zero-order chi connectivity index (χ0) is 40.6. The van der Waals surface area contributed by atoms with E-state index in [0.717, 1.165) is 10.4 Å². The van der Waals surface area contributed by atoms with Crippen LogP contribution in [0.25, 0.3) is 6.08 Å². The lowest BCUT2D eigenvalue weighted by Gasteiger charge is -2.30. The minimum absolute atomic E-state index is 0.0505. The van der Waals surface area contributed by atoms with Gasteiger partial charge >= 0.3 is 12.1 Å². The van der Waals surface area contributed by atoms with Gasteiger partial charge in [0.15, 0.2) is 11.5 Å². The normalized spacial score (nSPS) is 13.1. The molecule has 3 aromatic carbocycles. The molecule has 1 aromatic heterocycles. The van der Waals surface area contributed by atoms with E-state index >= 15 is 0 Å². The summed E-state index contributed by atoms with van der Waals surface area (Å²) < 4.78 is 21.6. The molecule has 5 rings (SSSR count). The fourth-order valence-corrected chi connectivity index (χ4v) is 7.91. The van der Waals surface area contributed by atoms with Crippen molar-refractivity contribution in [3.05, 3.63) is 106 Å². The predicted molar refractivity (Wildman–Crippen MR) is 216 cm³/mol. The molecule has 0 bridgehead atoms. The summed E-state index contributed by atoms with van der Waals surface area (Å²) in [6.07, 6.45) is 1.45. The van der Waals surface area contributed by atoms with Gasteiger partial charge < -0.3 is 39.8 Å². The Hall–Kier alpha value is -5.80. The van der Waals surface area contributed by atoms with Crippen LogP contribution in [0.1, 0.15) is 64.4 Å². The molecule has 13 nitrogen and oxygen atoms in total. The number of benzene rings is 3. The highest BCUT2D eigenvalue weighted by molar-refractivity contribution is 8.00. The smallest absolute Gasteiger partial charge is 0.410 e. The van der Waals surface area contributed by atoms with Gasteiger partial charge in [-0.3, -0.25) is 14.4 Å². The standard InChI is InChI=1S/C41H44N4O9S2/c1-24(35(46)44-38-33(39(49)53-7)29-19-20-45(23-32(29)56-38)40(50)54-41(2,3)4)55-28-17-12-16-27(22-28)42-37(48)30(43-36(47)25-13-9-8-10-14-25)21-26-15-11-18-31(51-5)34(26)52-6/h8-18,21-22,24H,19-20,23H2,1-7H3,(H,42,48)(H,43,47)(H,44,46)/b30-21+. The van der Waals surface area contributed by atoms with E-state index in [2.05, 4.69) is 16.0 Å². The minimum atomic E-state index is -0.658. The second kappa shape index (κ2) is 18.2. The Kier molecular flexibility index (Phi) is 13.5. The molecule has 56 heavy (non-hydrogen) atoms. The van der Waals surface area contributed by atoms with Crippen LogP contribution in [0.3, 0.4) is 0 Å². The number of carbonyl (C=O) groups is 5. The van der Waals surface area contributed by atoms with Crippen molar-refractivity contribution in [1.29, 1.82) is 0 Å². The summed E-state index contributed by atoms with van der Waals surface area (Å²) in [5.74, 6) is -1.20. The summed E-state index contributed by atoms with van der Waals surface area (Å²) in [5.41, 5.74) is 1.58. The SMILES string of the molecule is COC(=O)c1c(NC(=O)C(C)Sc2cccc(NC(=O)/C(=C\c3cccc(OC)c3OC)NC(=O)c3ccccc3)c2)sc2c1CCN(C(=O)OC(C)(C)C)C2. The van der Waals surface area contributed by atoms with Gasteiger partial charge in [0.25, 0.3) is 11.8 Å². The Labute approximate surface area is 333 Å². The number of nitrogens with one attached hydrogen (secondary N) is 3. The largest absolute Gasteiger partial charge is 0.493 e. The number of rotatable bonds is 12. The number of thiophene rings is 1. The van der Waals surface area contributed by atoms with Crippen LogP contribution in [-0.4, -0.2) is 73.4 Å². The second-order valence-electron chi connectivity index (χ2n) is 13.5. The molecule has 294 valence electrons. The van der Waals surface area contributed by atoms with Gasteiger partial charge in [0.1, 0.15) is 16.3 Å². The van der Waals surface area contributed by atoms with Crippen LogP contribution in [-0.2, 0) is 32.0 Å². The maximum absolute atomic E-state index is 13.8. The molecule has 0 radical (unpaired) electrons. The van der Waals surface area contributed by atoms with Crippen molar-refractivity contribution in [2.24, 2.45) is 0 Å². The maximum atomic E-state index is 13.8. The number of amides is 4. The van der Waals surface area contributed by atoms with Crippen LogP contribution in [0.4, 0.5) is 15.5 Å². The summed E-state index contributed by atoms with van der Waals surface area (Å²) in [4.78, 5) is 69.3. The summed E-state index contributed by atoms with van der Waals surface area (Å²) in [6.45, 7) is 7.70. The van der Waals surface area contributed by atoms with Gasteiger partial charge in [0.2, 0.25) is 5.91 Å². The van der Waals surface area contributed by atoms with Gasteiger partial charge in [-0.1, -0.05) is 36.4 Å². The molecule has 1 atom stereocenters. The number of hydrogen-bond acceptors (Lipinski definition) is 11.